The molecule has 1 aliphatic rings. The SMILES string of the molecule is Cc1ccc(-c2c([C@H](OC(C)(C)C)C(=O)O)c(Cl)c3c4c2cc(C)n4CCN3c2ccc(C)nn2)cc1. The Labute approximate surface area is 221 Å². The number of aryl methyl sites for hydroxylation is 3. The Bertz CT molecular complexity index is 1500. The fourth-order valence-electron chi connectivity index (χ4n) is 5.08. The van der Waals surface area contributed by atoms with Gasteiger partial charge in [0.25, 0.3) is 0 Å². The lowest BCUT2D eigenvalue weighted by Crippen LogP contribution is -2.31. The van der Waals surface area contributed by atoms with Crippen LogP contribution in [0.4, 0.5) is 11.5 Å². The van der Waals surface area contributed by atoms with Gasteiger partial charge in [-0.15, -0.1) is 5.10 Å². The summed E-state index contributed by atoms with van der Waals surface area (Å²) < 4.78 is 8.42. The van der Waals surface area contributed by atoms with E-state index in [1.165, 1.54) is 0 Å². The maximum absolute atomic E-state index is 12.8. The minimum Gasteiger partial charge on any atom is -0.479 e. The van der Waals surface area contributed by atoms with E-state index >= 15 is 0 Å². The number of hydrogen-bond donors (Lipinski definition) is 1. The fourth-order valence-corrected chi connectivity index (χ4v) is 5.47. The number of hydrogen-bond acceptors (Lipinski definition) is 5. The van der Waals surface area contributed by atoms with Crippen molar-refractivity contribution in [3.63, 3.8) is 0 Å². The predicted molar refractivity (Wildman–Crippen MR) is 147 cm³/mol. The van der Waals surface area contributed by atoms with Gasteiger partial charge in [-0.05, 0) is 70.9 Å². The molecule has 0 unspecified atom stereocenters. The van der Waals surface area contributed by atoms with Gasteiger partial charge in [-0.3, -0.25) is 0 Å². The number of ether oxygens (including phenoxy) is 1. The first-order valence-electron chi connectivity index (χ1n) is 12.4. The van der Waals surface area contributed by atoms with Crippen molar-refractivity contribution < 1.29 is 14.6 Å². The van der Waals surface area contributed by atoms with Crippen LogP contribution in [0.25, 0.3) is 22.0 Å². The highest BCUT2D eigenvalue weighted by Gasteiger charge is 2.37. The number of nitrogens with zero attached hydrogens (tertiary/aromatic N) is 4. The number of carbonyl (C=O) groups is 1. The van der Waals surface area contributed by atoms with Crippen molar-refractivity contribution in [1.29, 1.82) is 0 Å². The van der Waals surface area contributed by atoms with Crippen LogP contribution in [0.5, 0.6) is 0 Å². The summed E-state index contributed by atoms with van der Waals surface area (Å²) in [6, 6.07) is 14.0. The van der Waals surface area contributed by atoms with Gasteiger partial charge >= 0.3 is 5.97 Å². The average molecular weight is 519 g/mol. The summed E-state index contributed by atoms with van der Waals surface area (Å²) in [7, 11) is 0. The molecule has 8 heteroatoms. The Balaban J connectivity index is 1.90. The minimum atomic E-state index is -1.28. The molecule has 0 bridgehead atoms. The second-order valence-corrected chi connectivity index (χ2v) is 11.0. The van der Waals surface area contributed by atoms with E-state index in [-0.39, 0.29) is 0 Å². The summed E-state index contributed by atoms with van der Waals surface area (Å²) in [4.78, 5) is 14.8. The molecule has 192 valence electrons. The molecule has 2 aromatic heterocycles. The van der Waals surface area contributed by atoms with Crippen LogP contribution >= 0.6 is 11.6 Å². The number of anilines is 2. The molecule has 0 aliphatic carbocycles. The van der Waals surface area contributed by atoms with Crippen molar-refractivity contribution >= 4 is 40.0 Å². The summed E-state index contributed by atoms with van der Waals surface area (Å²) in [5.74, 6) is -0.429. The van der Waals surface area contributed by atoms with Crippen molar-refractivity contribution in [1.82, 2.24) is 14.8 Å². The Morgan fingerprint density at radius 3 is 2.35 bits per heavy atom. The Hall–Kier alpha value is -3.42. The smallest absolute Gasteiger partial charge is 0.337 e. The molecular weight excluding hydrogens is 488 g/mol. The van der Waals surface area contributed by atoms with E-state index in [0.29, 0.717) is 22.9 Å². The zero-order chi connectivity index (χ0) is 26.6. The summed E-state index contributed by atoms with van der Waals surface area (Å²) in [6.45, 7) is 12.9. The van der Waals surface area contributed by atoms with Gasteiger partial charge in [0.2, 0.25) is 0 Å². The normalized spacial score (nSPS) is 14.3. The highest BCUT2D eigenvalue weighted by molar-refractivity contribution is 6.37. The first-order chi connectivity index (χ1) is 17.5. The molecule has 0 amide bonds. The van der Waals surface area contributed by atoms with E-state index < -0.39 is 17.7 Å². The van der Waals surface area contributed by atoms with Gasteiger partial charge in [0.15, 0.2) is 11.9 Å². The van der Waals surface area contributed by atoms with Gasteiger partial charge in [0, 0.05) is 29.7 Å². The van der Waals surface area contributed by atoms with E-state index in [4.69, 9.17) is 16.3 Å². The third kappa shape index (κ3) is 4.47. The van der Waals surface area contributed by atoms with Crippen LogP contribution in [0.2, 0.25) is 5.02 Å². The molecule has 0 radical (unpaired) electrons. The lowest BCUT2D eigenvalue weighted by Gasteiger charge is -2.34. The number of aliphatic carboxylic acids is 1. The first kappa shape index (κ1) is 25.2. The minimum absolute atomic E-state index is 0.348. The van der Waals surface area contributed by atoms with Gasteiger partial charge in [0.05, 0.1) is 27.5 Å². The number of halogens is 1. The van der Waals surface area contributed by atoms with Crippen LogP contribution in [0, 0.1) is 20.8 Å². The van der Waals surface area contributed by atoms with Crippen LogP contribution in [0.15, 0.2) is 42.5 Å². The fraction of sp³-hybridized carbons (Fsp3) is 0.345. The number of benzene rings is 2. The van der Waals surface area contributed by atoms with Gasteiger partial charge in [-0.2, -0.15) is 5.10 Å². The molecule has 1 atom stereocenters. The third-order valence-corrected chi connectivity index (χ3v) is 7.07. The molecule has 1 N–H and O–H groups in total. The van der Waals surface area contributed by atoms with Crippen molar-refractivity contribution in [3.8, 4) is 11.1 Å². The summed E-state index contributed by atoms with van der Waals surface area (Å²) in [5.41, 5.74) is 6.09. The average Bonchev–Trinajstić information content (AvgIpc) is 3.17. The first-order valence-corrected chi connectivity index (χ1v) is 12.7. The van der Waals surface area contributed by atoms with E-state index in [9.17, 15) is 9.90 Å². The second-order valence-electron chi connectivity index (χ2n) is 10.6. The number of carboxylic acids is 1. The predicted octanol–water partition coefficient (Wildman–Crippen LogP) is 6.77. The Kier molecular flexibility index (Phi) is 6.24. The molecule has 3 heterocycles. The lowest BCUT2D eigenvalue weighted by molar-refractivity contribution is -0.160. The van der Waals surface area contributed by atoms with Crippen molar-refractivity contribution in [2.75, 3.05) is 11.4 Å². The summed E-state index contributed by atoms with van der Waals surface area (Å²) >= 11 is 7.29. The summed E-state index contributed by atoms with van der Waals surface area (Å²) in [5, 5.41) is 20.4. The van der Waals surface area contributed by atoms with Gasteiger partial charge in [0.1, 0.15) is 0 Å². The molecule has 0 saturated carbocycles. The molecule has 7 nitrogen and oxygen atoms in total. The van der Waals surface area contributed by atoms with E-state index in [1.54, 1.807) is 0 Å². The van der Waals surface area contributed by atoms with Gasteiger partial charge in [-0.1, -0.05) is 41.4 Å². The molecule has 37 heavy (non-hydrogen) atoms. The van der Waals surface area contributed by atoms with Gasteiger partial charge < -0.3 is 19.3 Å². The van der Waals surface area contributed by atoms with Gasteiger partial charge in [-0.25, -0.2) is 4.79 Å². The Morgan fingerprint density at radius 1 is 1.05 bits per heavy atom. The number of aromatic nitrogens is 3. The largest absolute Gasteiger partial charge is 0.479 e. The highest BCUT2D eigenvalue weighted by atomic mass is 35.5. The lowest BCUT2D eigenvalue weighted by atomic mass is 9.90. The van der Waals surface area contributed by atoms with E-state index in [1.807, 2.05) is 75.9 Å². The standard InChI is InChI=1S/C29H31ClN4O3/c1-16-7-10-19(11-8-16)22-20-15-18(3)33-13-14-34(21-12-9-17(2)31-32-21)26(25(20)33)24(30)23(22)27(28(35)36)37-29(4,5)6/h7-12,15,27H,13-14H2,1-6H3,(H,35,36)/t27-/m0/s1. The Morgan fingerprint density at radius 2 is 1.76 bits per heavy atom. The second kappa shape index (κ2) is 9.15. The molecule has 4 aromatic rings. The van der Waals surface area contributed by atoms with Crippen LogP contribution < -0.4 is 4.90 Å². The molecule has 0 fully saturated rings. The van der Waals surface area contributed by atoms with Crippen molar-refractivity contribution in [3.05, 3.63) is 70.0 Å². The quantitative estimate of drug-likeness (QED) is 0.314. The number of carboxylic acid groups (broad SMARTS) is 1. The topological polar surface area (TPSA) is 80.5 Å². The van der Waals surface area contributed by atoms with Crippen LogP contribution in [0.3, 0.4) is 0 Å². The number of rotatable bonds is 5. The maximum Gasteiger partial charge on any atom is 0.337 e. The van der Waals surface area contributed by atoms with Crippen molar-refractivity contribution in [2.45, 2.75) is 59.8 Å². The van der Waals surface area contributed by atoms with Crippen molar-refractivity contribution in [2.24, 2.45) is 0 Å². The monoisotopic (exact) mass is 518 g/mol. The molecule has 0 spiro atoms. The molecular formula is C29H31ClN4O3. The van der Waals surface area contributed by atoms with Crippen LogP contribution in [-0.4, -0.2) is 38.0 Å². The molecule has 5 rings (SSSR count). The highest BCUT2D eigenvalue weighted by Crippen LogP contribution is 2.51. The zero-order valence-electron chi connectivity index (χ0n) is 22.0. The van der Waals surface area contributed by atoms with Crippen LogP contribution in [-0.2, 0) is 16.1 Å². The summed E-state index contributed by atoms with van der Waals surface area (Å²) in [6.07, 6.45) is -1.28. The zero-order valence-corrected chi connectivity index (χ0v) is 22.7. The molecule has 0 saturated heterocycles. The van der Waals surface area contributed by atoms with E-state index in [2.05, 4.69) is 27.8 Å². The van der Waals surface area contributed by atoms with Crippen LogP contribution in [0.1, 0.15) is 49.4 Å². The molecule has 2 aromatic carbocycles. The van der Waals surface area contributed by atoms with E-state index in [0.717, 1.165) is 51.2 Å². The maximum atomic E-state index is 12.8. The molecule has 1 aliphatic heterocycles. The third-order valence-electron chi connectivity index (χ3n) is 6.69.